The van der Waals surface area contributed by atoms with Crippen LogP contribution in [0.5, 0.6) is 0 Å². The van der Waals surface area contributed by atoms with E-state index in [2.05, 4.69) is 29.4 Å². The third kappa shape index (κ3) is 6.03. The molecule has 0 atom stereocenters. The molecule has 1 aromatic carbocycles. The Hall–Kier alpha value is -0.910. The topological polar surface area (TPSA) is 27.3 Å². The van der Waals surface area contributed by atoms with Crippen LogP contribution in [0.3, 0.4) is 0 Å². The Balaban J connectivity index is 2.49. The van der Waals surface area contributed by atoms with Gasteiger partial charge in [0, 0.05) is 18.8 Å². The number of nitrogens with zero attached hydrogens (tertiary/aromatic N) is 1. The van der Waals surface area contributed by atoms with Crippen LogP contribution in [0.25, 0.3) is 0 Å². The summed E-state index contributed by atoms with van der Waals surface area (Å²) >= 11 is 10.9. The van der Waals surface area contributed by atoms with E-state index >= 15 is 0 Å². The highest BCUT2D eigenvalue weighted by Gasteiger charge is 2.19. The Kier molecular flexibility index (Phi) is 6.17. The lowest BCUT2D eigenvalue weighted by Gasteiger charge is -2.29. The van der Waals surface area contributed by atoms with E-state index < -0.39 is 5.82 Å². The molecule has 0 aliphatic heterocycles. The quantitative estimate of drug-likeness (QED) is 0.814. The Bertz CT molecular complexity index is 477. The van der Waals surface area contributed by atoms with E-state index in [4.69, 9.17) is 23.8 Å². The normalized spacial score (nSPS) is 11.6. The van der Waals surface area contributed by atoms with Crippen molar-refractivity contribution in [1.29, 1.82) is 0 Å². The van der Waals surface area contributed by atoms with E-state index in [1.165, 1.54) is 12.1 Å². The maximum atomic E-state index is 13.0. The predicted molar refractivity (Wildman–Crippen MR) is 88.0 cm³/mol. The van der Waals surface area contributed by atoms with Gasteiger partial charge in [-0.3, -0.25) is 0 Å². The lowest BCUT2D eigenvalue weighted by atomic mass is 9.93. The zero-order valence-electron chi connectivity index (χ0n) is 12.3. The molecule has 0 radical (unpaired) electrons. The minimum Gasteiger partial charge on any atom is -0.362 e. The first-order valence-corrected chi connectivity index (χ1v) is 7.13. The fourth-order valence-corrected chi connectivity index (χ4v) is 2.35. The molecule has 6 heteroatoms. The van der Waals surface area contributed by atoms with Gasteiger partial charge >= 0.3 is 0 Å². The molecule has 0 aliphatic rings. The molecule has 0 fully saturated rings. The minimum atomic E-state index is -0.441. The van der Waals surface area contributed by atoms with E-state index in [9.17, 15) is 4.39 Å². The standard InChI is InChI=1S/C14H21ClFN3S/c1-14(2,9-19(3)4)8-17-13(20)18-10-5-6-12(16)11(15)7-10/h5-7H,8-9H2,1-4H3,(H2,17,18,20). The number of nitrogens with one attached hydrogen (secondary N) is 2. The van der Waals surface area contributed by atoms with E-state index in [0.29, 0.717) is 10.8 Å². The molecule has 1 aromatic rings. The number of benzene rings is 1. The van der Waals surface area contributed by atoms with Gasteiger partial charge in [-0.2, -0.15) is 0 Å². The van der Waals surface area contributed by atoms with E-state index in [-0.39, 0.29) is 10.4 Å². The summed E-state index contributed by atoms with van der Waals surface area (Å²) in [5.41, 5.74) is 0.759. The average Bonchev–Trinajstić information content (AvgIpc) is 2.30. The molecule has 1 rings (SSSR count). The highest BCUT2D eigenvalue weighted by molar-refractivity contribution is 7.80. The molecule has 0 spiro atoms. The second kappa shape index (κ2) is 7.20. The van der Waals surface area contributed by atoms with Crippen molar-refractivity contribution in [2.45, 2.75) is 13.8 Å². The van der Waals surface area contributed by atoms with Crippen LogP contribution in [-0.4, -0.2) is 37.2 Å². The number of halogens is 2. The van der Waals surface area contributed by atoms with Crippen molar-refractivity contribution in [3.8, 4) is 0 Å². The van der Waals surface area contributed by atoms with Gasteiger partial charge in [0.1, 0.15) is 5.82 Å². The molecule has 2 N–H and O–H groups in total. The Labute approximate surface area is 130 Å². The number of rotatable bonds is 5. The molecule has 20 heavy (non-hydrogen) atoms. The molecule has 0 heterocycles. The van der Waals surface area contributed by atoms with Crippen LogP contribution < -0.4 is 10.6 Å². The molecule has 112 valence electrons. The monoisotopic (exact) mass is 317 g/mol. The smallest absolute Gasteiger partial charge is 0.170 e. The molecule has 0 amide bonds. The maximum absolute atomic E-state index is 13.0. The maximum Gasteiger partial charge on any atom is 0.170 e. The van der Waals surface area contributed by atoms with Gasteiger partial charge in [-0.25, -0.2) is 4.39 Å². The molecular formula is C14H21ClFN3S. The molecule has 0 aromatic heterocycles. The third-order valence-electron chi connectivity index (χ3n) is 2.65. The van der Waals surface area contributed by atoms with Crippen LogP contribution in [0.1, 0.15) is 13.8 Å². The molecule has 3 nitrogen and oxygen atoms in total. The first-order valence-electron chi connectivity index (χ1n) is 6.34. The van der Waals surface area contributed by atoms with E-state index in [1.807, 2.05) is 14.1 Å². The van der Waals surface area contributed by atoms with Crippen molar-refractivity contribution in [2.24, 2.45) is 5.41 Å². The average molecular weight is 318 g/mol. The van der Waals surface area contributed by atoms with Crippen LogP contribution in [0.15, 0.2) is 18.2 Å². The van der Waals surface area contributed by atoms with E-state index in [0.717, 1.165) is 13.1 Å². The van der Waals surface area contributed by atoms with Crippen molar-refractivity contribution < 1.29 is 4.39 Å². The lowest BCUT2D eigenvalue weighted by molar-refractivity contribution is 0.242. The largest absolute Gasteiger partial charge is 0.362 e. The first-order chi connectivity index (χ1) is 9.19. The van der Waals surface area contributed by atoms with E-state index in [1.54, 1.807) is 6.07 Å². The lowest BCUT2D eigenvalue weighted by Crippen LogP contribution is -2.41. The molecule has 0 saturated heterocycles. The van der Waals surface area contributed by atoms with Gasteiger partial charge in [0.15, 0.2) is 5.11 Å². The Morgan fingerprint density at radius 1 is 1.40 bits per heavy atom. The zero-order chi connectivity index (χ0) is 15.3. The van der Waals surface area contributed by atoms with Gasteiger partial charge in [-0.05, 0) is 49.9 Å². The summed E-state index contributed by atoms with van der Waals surface area (Å²) in [7, 11) is 4.08. The SMILES string of the molecule is CN(C)CC(C)(C)CNC(=S)Nc1ccc(F)c(Cl)c1. The van der Waals surface area contributed by atoms with Crippen LogP contribution in [0.4, 0.5) is 10.1 Å². The molecule has 0 bridgehead atoms. The summed E-state index contributed by atoms with van der Waals surface area (Å²) in [6, 6.07) is 4.42. The summed E-state index contributed by atoms with van der Waals surface area (Å²) in [6.45, 7) is 6.02. The van der Waals surface area contributed by atoms with Gasteiger partial charge in [-0.15, -0.1) is 0 Å². The number of hydrogen-bond donors (Lipinski definition) is 2. The summed E-state index contributed by atoms with van der Waals surface area (Å²) in [5.74, 6) is -0.441. The Morgan fingerprint density at radius 3 is 2.60 bits per heavy atom. The van der Waals surface area contributed by atoms with Gasteiger partial charge < -0.3 is 15.5 Å². The Morgan fingerprint density at radius 2 is 2.05 bits per heavy atom. The van der Waals surface area contributed by atoms with Gasteiger partial charge in [0.25, 0.3) is 0 Å². The highest BCUT2D eigenvalue weighted by Crippen LogP contribution is 2.19. The van der Waals surface area contributed by atoms with Gasteiger partial charge in [0.2, 0.25) is 0 Å². The van der Waals surface area contributed by atoms with Crippen molar-refractivity contribution in [2.75, 3.05) is 32.5 Å². The van der Waals surface area contributed by atoms with Crippen molar-refractivity contribution in [3.63, 3.8) is 0 Å². The number of thiocarbonyl (C=S) groups is 1. The second-order valence-corrected chi connectivity index (χ2v) is 6.65. The number of hydrogen-bond acceptors (Lipinski definition) is 2. The molecule has 0 unspecified atom stereocenters. The zero-order valence-corrected chi connectivity index (χ0v) is 13.8. The first kappa shape index (κ1) is 17.1. The van der Waals surface area contributed by atoms with Crippen molar-refractivity contribution >= 4 is 34.6 Å². The minimum absolute atomic E-state index is 0.0748. The van der Waals surface area contributed by atoms with Crippen LogP contribution in [0, 0.1) is 11.2 Å². The van der Waals surface area contributed by atoms with Crippen LogP contribution >= 0.6 is 23.8 Å². The predicted octanol–water partition coefficient (Wildman–Crippen LogP) is 3.35. The molecular weight excluding hydrogens is 297 g/mol. The van der Waals surface area contributed by atoms with Crippen LogP contribution in [0.2, 0.25) is 5.02 Å². The second-order valence-electron chi connectivity index (χ2n) is 5.84. The van der Waals surface area contributed by atoms with Gasteiger partial charge in [0.05, 0.1) is 5.02 Å². The van der Waals surface area contributed by atoms with Crippen molar-refractivity contribution in [3.05, 3.63) is 29.0 Å². The third-order valence-corrected chi connectivity index (χ3v) is 3.19. The summed E-state index contributed by atoms with van der Waals surface area (Å²) in [5, 5.41) is 6.73. The summed E-state index contributed by atoms with van der Waals surface area (Å²) < 4.78 is 13.0. The molecule has 0 aliphatic carbocycles. The van der Waals surface area contributed by atoms with Crippen LogP contribution in [-0.2, 0) is 0 Å². The fourth-order valence-electron chi connectivity index (χ4n) is 1.98. The highest BCUT2D eigenvalue weighted by atomic mass is 35.5. The van der Waals surface area contributed by atoms with Gasteiger partial charge in [-0.1, -0.05) is 25.4 Å². The number of anilines is 1. The molecule has 0 saturated carbocycles. The summed E-state index contributed by atoms with van der Waals surface area (Å²) in [6.07, 6.45) is 0. The summed E-state index contributed by atoms with van der Waals surface area (Å²) in [4.78, 5) is 2.14. The van der Waals surface area contributed by atoms with Crippen molar-refractivity contribution in [1.82, 2.24) is 10.2 Å². The fraction of sp³-hybridized carbons (Fsp3) is 0.500.